The molecule has 1 aromatic carbocycles. The van der Waals surface area contributed by atoms with E-state index in [4.69, 9.17) is 5.73 Å². The molecule has 2 rings (SSSR count). The minimum Gasteiger partial charge on any atom is -0.324 e. The van der Waals surface area contributed by atoms with Gasteiger partial charge in [0.25, 0.3) is 0 Å². The summed E-state index contributed by atoms with van der Waals surface area (Å²) in [6.07, 6.45) is 5.01. The lowest BCUT2D eigenvalue weighted by atomic mass is 9.90. The Balaban J connectivity index is 2.40. The molecule has 1 aromatic rings. The van der Waals surface area contributed by atoms with Crippen LogP contribution in [0.15, 0.2) is 24.3 Å². The van der Waals surface area contributed by atoms with Gasteiger partial charge in [0.2, 0.25) is 0 Å². The Bertz CT molecular complexity index is 396. The van der Waals surface area contributed by atoms with E-state index in [0.29, 0.717) is 0 Å². The summed E-state index contributed by atoms with van der Waals surface area (Å²) >= 11 is 0. The van der Waals surface area contributed by atoms with E-state index < -0.39 is 0 Å². The van der Waals surface area contributed by atoms with Gasteiger partial charge in [0.05, 0.1) is 0 Å². The molecule has 0 aromatic heterocycles. The van der Waals surface area contributed by atoms with Gasteiger partial charge in [-0.2, -0.15) is 0 Å². The van der Waals surface area contributed by atoms with Crippen molar-refractivity contribution < 1.29 is 4.39 Å². The molecule has 1 nitrogen and oxygen atoms in total. The normalized spacial score (nSPS) is 21.3. The Morgan fingerprint density at radius 1 is 1.40 bits per heavy atom. The molecule has 1 aliphatic rings. The van der Waals surface area contributed by atoms with Crippen molar-refractivity contribution in [1.82, 2.24) is 0 Å². The Morgan fingerprint density at radius 2 is 2.20 bits per heavy atom. The highest BCUT2D eigenvalue weighted by Crippen LogP contribution is 2.28. The molecule has 0 saturated carbocycles. The predicted molar refractivity (Wildman–Crippen MR) is 60.9 cm³/mol. The smallest absolute Gasteiger partial charge is 0.130 e. The van der Waals surface area contributed by atoms with Crippen LogP contribution in [-0.2, 0) is 0 Å². The van der Waals surface area contributed by atoms with Gasteiger partial charge in [-0.3, -0.25) is 0 Å². The average molecular weight is 205 g/mol. The molecule has 2 N–H and O–H groups in total. The molecule has 0 spiro atoms. The van der Waals surface area contributed by atoms with Crippen LogP contribution in [0.25, 0.3) is 5.57 Å². The molecule has 2 heteroatoms. The zero-order chi connectivity index (χ0) is 10.8. The van der Waals surface area contributed by atoms with E-state index in [0.717, 1.165) is 36.0 Å². The molecule has 15 heavy (non-hydrogen) atoms. The lowest BCUT2D eigenvalue weighted by Gasteiger charge is -2.18. The van der Waals surface area contributed by atoms with Gasteiger partial charge in [0.15, 0.2) is 0 Å². The first-order chi connectivity index (χ1) is 7.16. The Hall–Kier alpha value is -1.15. The van der Waals surface area contributed by atoms with Gasteiger partial charge >= 0.3 is 0 Å². The third-order valence-electron chi connectivity index (χ3n) is 2.87. The fourth-order valence-corrected chi connectivity index (χ4v) is 2.06. The fourth-order valence-electron chi connectivity index (χ4n) is 2.06. The maximum Gasteiger partial charge on any atom is 0.130 e. The monoisotopic (exact) mass is 205 g/mol. The number of hydrogen-bond acceptors (Lipinski definition) is 1. The van der Waals surface area contributed by atoms with E-state index >= 15 is 0 Å². The third-order valence-corrected chi connectivity index (χ3v) is 2.87. The minimum atomic E-state index is -0.138. The first-order valence-corrected chi connectivity index (χ1v) is 5.39. The Kier molecular flexibility index (Phi) is 2.87. The molecule has 1 aliphatic carbocycles. The highest BCUT2D eigenvalue weighted by atomic mass is 19.1. The summed E-state index contributed by atoms with van der Waals surface area (Å²) in [5.41, 5.74) is 8.73. The third kappa shape index (κ3) is 2.26. The number of halogens is 1. The lowest BCUT2D eigenvalue weighted by molar-refractivity contribution is 0.615. The van der Waals surface area contributed by atoms with E-state index in [9.17, 15) is 4.39 Å². The molecule has 1 unspecified atom stereocenters. The summed E-state index contributed by atoms with van der Waals surface area (Å²) in [4.78, 5) is 0. The highest BCUT2D eigenvalue weighted by Gasteiger charge is 2.14. The SMILES string of the molecule is Cc1ccc(F)c(C2=CC(N)CCC2)c1. The van der Waals surface area contributed by atoms with Gasteiger partial charge in [-0.05, 0) is 43.9 Å². The maximum atomic E-state index is 13.6. The second-order valence-corrected chi connectivity index (χ2v) is 4.23. The number of nitrogens with two attached hydrogens (primary N) is 1. The largest absolute Gasteiger partial charge is 0.324 e. The van der Waals surface area contributed by atoms with Crippen LogP contribution in [0.5, 0.6) is 0 Å². The summed E-state index contributed by atoms with van der Waals surface area (Å²) in [7, 11) is 0. The number of hydrogen-bond donors (Lipinski definition) is 1. The van der Waals surface area contributed by atoms with Crippen molar-refractivity contribution in [3.05, 3.63) is 41.2 Å². The number of aryl methyl sites for hydroxylation is 1. The van der Waals surface area contributed by atoms with Crippen molar-refractivity contribution in [2.24, 2.45) is 5.73 Å². The molecule has 0 bridgehead atoms. The molecule has 1 atom stereocenters. The van der Waals surface area contributed by atoms with Crippen LogP contribution >= 0.6 is 0 Å². The summed E-state index contributed by atoms with van der Waals surface area (Å²) in [6.45, 7) is 1.98. The van der Waals surface area contributed by atoms with Crippen molar-refractivity contribution in [2.75, 3.05) is 0 Å². The van der Waals surface area contributed by atoms with E-state index in [2.05, 4.69) is 0 Å². The number of allylic oxidation sites excluding steroid dienone is 1. The summed E-state index contributed by atoms with van der Waals surface area (Å²) < 4.78 is 13.6. The van der Waals surface area contributed by atoms with Crippen molar-refractivity contribution in [3.8, 4) is 0 Å². The van der Waals surface area contributed by atoms with Crippen LogP contribution < -0.4 is 5.73 Å². The van der Waals surface area contributed by atoms with E-state index in [1.54, 1.807) is 6.07 Å². The number of benzene rings is 1. The van der Waals surface area contributed by atoms with Gasteiger partial charge in [-0.15, -0.1) is 0 Å². The molecule has 0 amide bonds. The van der Waals surface area contributed by atoms with Gasteiger partial charge in [-0.1, -0.05) is 17.7 Å². The molecular formula is C13H16FN. The van der Waals surface area contributed by atoms with Gasteiger partial charge in [0, 0.05) is 11.6 Å². The average Bonchev–Trinajstić information content (AvgIpc) is 2.22. The molecule has 80 valence electrons. The fraction of sp³-hybridized carbons (Fsp3) is 0.385. The lowest BCUT2D eigenvalue weighted by Crippen LogP contribution is -2.20. The highest BCUT2D eigenvalue weighted by molar-refractivity contribution is 5.67. The summed E-state index contributed by atoms with van der Waals surface area (Å²) in [5.74, 6) is -0.138. The molecule has 0 aliphatic heterocycles. The second kappa shape index (κ2) is 4.15. The molecule has 0 heterocycles. The van der Waals surface area contributed by atoms with E-state index in [1.165, 1.54) is 6.07 Å². The van der Waals surface area contributed by atoms with Crippen molar-refractivity contribution in [1.29, 1.82) is 0 Å². The summed E-state index contributed by atoms with van der Waals surface area (Å²) in [6, 6.07) is 5.32. The number of rotatable bonds is 1. The van der Waals surface area contributed by atoms with Crippen LogP contribution in [0.4, 0.5) is 4.39 Å². The van der Waals surface area contributed by atoms with Crippen LogP contribution in [-0.4, -0.2) is 6.04 Å². The first-order valence-electron chi connectivity index (χ1n) is 5.39. The van der Waals surface area contributed by atoms with Gasteiger partial charge in [0.1, 0.15) is 5.82 Å². The van der Waals surface area contributed by atoms with E-state index in [1.807, 2.05) is 19.1 Å². The predicted octanol–water partition coefficient (Wildman–Crippen LogP) is 3.03. The van der Waals surface area contributed by atoms with Crippen molar-refractivity contribution >= 4 is 5.57 Å². The first kappa shape index (κ1) is 10.4. The Labute approximate surface area is 89.8 Å². The maximum absolute atomic E-state index is 13.6. The second-order valence-electron chi connectivity index (χ2n) is 4.23. The quantitative estimate of drug-likeness (QED) is 0.749. The van der Waals surface area contributed by atoms with Crippen molar-refractivity contribution in [3.63, 3.8) is 0 Å². The minimum absolute atomic E-state index is 0.0914. The van der Waals surface area contributed by atoms with Crippen LogP contribution in [0.3, 0.4) is 0 Å². The Morgan fingerprint density at radius 3 is 2.93 bits per heavy atom. The van der Waals surface area contributed by atoms with Gasteiger partial charge in [-0.25, -0.2) is 4.39 Å². The zero-order valence-electron chi connectivity index (χ0n) is 8.96. The van der Waals surface area contributed by atoms with E-state index in [-0.39, 0.29) is 11.9 Å². The van der Waals surface area contributed by atoms with Crippen molar-refractivity contribution in [2.45, 2.75) is 32.2 Å². The zero-order valence-corrected chi connectivity index (χ0v) is 8.96. The molecule has 0 saturated heterocycles. The van der Waals surface area contributed by atoms with Crippen LogP contribution in [0, 0.1) is 12.7 Å². The molecule has 0 radical (unpaired) electrons. The van der Waals surface area contributed by atoms with Crippen LogP contribution in [0.2, 0.25) is 0 Å². The molecular weight excluding hydrogens is 189 g/mol. The summed E-state index contributed by atoms with van der Waals surface area (Å²) in [5, 5.41) is 0. The standard InChI is InChI=1S/C13H16FN/c1-9-5-6-13(14)12(7-9)10-3-2-4-11(15)8-10/h5-8,11H,2-4,15H2,1H3. The van der Waals surface area contributed by atoms with Gasteiger partial charge < -0.3 is 5.73 Å². The molecule has 0 fully saturated rings. The van der Waals surface area contributed by atoms with Crippen LogP contribution in [0.1, 0.15) is 30.4 Å². The topological polar surface area (TPSA) is 26.0 Å².